The van der Waals surface area contributed by atoms with Gasteiger partial charge in [0, 0.05) is 0 Å². The Morgan fingerprint density at radius 1 is 1.00 bits per heavy atom. The molecular formula is H7N5. The van der Waals surface area contributed by atoms with Crippen molar-refractivity contribution in [3.05, 3.63) is 0 Å². The molecule has 5 heavy (non-hydrogen) atoms. The number of nitrogens with one attached hydrogen (secondary N) is 3. The highest BCUT2D eigenvalue weighted by Gasteiger charge is 1.55. The van der Waals surface area contributed by atoms with Crippen LogP contribution in [0.2, 0.25) is 0 Å². The van der Waals surface area contributed by atoms with Crippen LogP contribution in [0.4, 0.5) is 0 Å². The molecule has 0 saturated carbocycles. The number of rotatable bonds is 2. The molecule has 0 fully saturated rings. The summed E-state index contributed by atoms with van der Waals surface area (Å²) in [6.45, 7) is 0. The Morgan fingerprint density at radius 3 is 1.40 bits per heavy atom. The van der Waals surface area contributed by atoms with E-state index in [-0.39, 0.29) is 0 Å². The minimum Gasteiger partial charge on any atom is -0.257 e. The molecule has 0 atom stereocenters. The van der Waals surface area contributed by atoms with Gasteiger partial charge in [0.1, 0.15) is 0 Å². The molecule has 32 valence electrons. The molecule has 0 bridgehead atoms. The van der Waals surface area contributed by atoms with Crippen LogP contribution >= 0.6 is 0 Å². The number of nitrogens with two attached hydrogens (primary N) is 2. The number of hydrazine groups is 4. The van der Waals surface area contributed by atoms with Crippen molar-refractivity contribution in [2.45, 2.75) is 0 Å². The summed E-state index contributed by atoms with van der Waals surface area (Å²) < 4.78 is 0. The highest BCUT2D eigenvalue weighted by atomic mass is 15.7. The van der Waals surface area contributed by atoms with Gasteiger partial charge in [-0.05, 0) is 0 Å². The van der Waals surface area contributed by atoms with Gasteiger partial charge in [-0.15, -0.1) is 0 Å². The molecule has 0 radical (unpaired) electrons. The third-order valence-electron chi connectivity index (χ3n) is 0.144. The van der Waals surface area contributed by atoms with Crippen molar-refractivity contribution in [3.63, 3.8) is 0 Å². The van der Waals surface area contributed by atoms with Gasteiger partial charge in [0.15, 0.2) is 0 Å². The summed E-state index contributed by atoms with van der Waals surface area (Å²) in [6, 6.07) is 0. The van der Waals surface area contributed by atoms with Crippen LogP contribution in [0.25, 0.3) is 0 Å². The van der Waals surface area contributed by atoms with E-state index < -0.39 is 0 Å². The molecule has 0 aliphatic rings. The third-order valence-corrected chi connectivity index (χ3v) is 0.144. The molecule has 0 rings (SSSR count). The molecular weight excluding hydrogens is 70.0 g/mol. The zero-order chi connectivity index (χ0) is 4.12. The average molecular weight is 77.1 g/mol. The molecule has 5 nitrogen and oxygen atoms in total. The van der Waals surface area contributed by atoms with Crippen LogP contribution in [0.5, 0.6) is 0 Å². The Balaban J connectivity index is 2.19. The van der Waals surface area contributed by atoms with Crippen molar-refractivity contribution < 1.29 is 0 Å². The summed E-state index contributed by atoms with van der Waals surface area (Å²) in [4.78, 5) is 0. The van der Waals surface area contributed by atoms with Gasteiger partial charge in [-0.3, -0.25) is 11.7 Å². The fourth-order valence-electron chi connectivity index (χ4n) is 0.0417. The van der Waals surface area contributed by atoms with E-state index in [0.717, 1.165) is 0 Å². The fourth-order valence-corrected chi connectivity index (χ4v) is 0.0417. The van der Waals surface area contributed by atoms with Crippen LogP contribution in [0.15, 0.2) is 0 Å². The Labute approximate surface area is 29.6 Å². The monoisotopic (exact) mass is 77.1 g/mol. The highest BCUT2D eigenvalue weighted by molar-refractivity contribution is 3.92. The summed E-state index contributed by atoms with van der Waals surface area (Å²) >= 11 is 0. The minimum absolute atomic E-state index is 2.03. The second kappa shape index (κ2) is 3.80. The second-order valence-corrected chi connectivity index (χ2v) is 0.414. The first-order chi connectivity index (χ1) is 2.41. The smallest absolute Gasteiger partial charge is 0.167 e. The standard InChI is InChI=1S/H7N5/c1-3-5-4-2/h3-5H,1-2H2. The van der Waals surface area contributed by atoms with E-state index in [4.69, 9.17) is 0 Å². The lowest BCUT2D eigenvalue weighted by atomic mass is 12.3. The number of hydrogen-bond acceptors (Lipinski definition) is 5. The van der Waals surface area contributed by atoms with Gasteiger partial charge in [0.2, 0.25) is 0 Å². The normalized spacial score (nSPS) is 8.40. The second-order valence-electron chi connectivity index (χ2n) is 0.414. The summed E-state index contributed by atoms with van der Waals surface area (Å²) in [5, 5.41) is 0. The highest BCUT2D eigenvalue weighted by Crippen LogP contribution is 0.979. The average Bonchev–Trinajstić information content (AvgIpc) is 1.41. The topological polar surface area (TPSA) is 88.1 Å². The Hall–Kier alpha value is -0.200. The van der Waals surface area contributed by atoms with Crippen LogP contribution in [0.3, 0.4) is 0 Å². The predicted molar refractivity (Wildman–Crippen MR) is 17.8 cm³/mol. The third kappa shape index (κ3) is 3.80. The molecule has 0 amide bonds. The molecule has 0 aromatic heterocycles. The summed E-state index contributed by atoms with van der Waals surface area (Å²) in [5.41, 5.74) is 6.23. The lowest BCUT2D eigenvalue weighted by Crippen LogP contribution is -2.50. The van der Waals surface area contributed by atoms with Crippen molar-refractivity contribution in [1.82, 2.24) is 16.6 Å². The van der Waals surface area contributed by atoms with Gasteiger partial charge in [-0.2, -0.15) is 16.6 Å². The van der Waals surface area contributed by atoms with Gasteiger partial charge in [-0.25, -0.2) is 0 Å². The quantitative estimate of drug-likeness (QED) is 0.183. The number of hydrogen-bond donors (Lipinski definition) is 5. The molecule has 0 aromatic rings. The van der Waals surface area contributed by atoms with Gasteiger partial charge in [0.25, 0.3) is 0 Å². The van der Waals surface area contributed by atoms with Gasteiger partial charge in [-0.1, -0.05) is 0 Å². The largest absolute Gasteiger partial charge is 0.257 e. The van der Waals surface area contributed by atoms with Gasteiger partial charge in [0.05, 0.1) is 0 Å². The molecule has 0 aliphatic heterocycles. The van der Waals surface area contributed by atoms with Crippen molar-refractivity contribution in [1.29, 1.82) is 0 Å². The molecule has 0 saturated heterocycles. The van der Waals surface area contributed by atoms with Crippen molar-refractivity contribution in [2.75, 3.05) is 0 Å². The van der Waals surface area contributed by atoms with E-state index in [9.17, 15) is 0 Å². The Morgan fingerprint density at radius 2 is 1.40 bits per heavy atom. The molecule has 0 aliphatic carbocycles. The van der Waals surface area contributed by atoms with E-state index in [1.165, 1.54) is 0 Å². The van der Waals surface area contributed by atoms with Crippen LogP contribution in [0.1, 0.15) is 0 Å². The maximum Gasteiger partial charge on any atom is -0.167 e. The van der Waals surface area contributed by atoms with Gasteiger partial charge < -0.3 is 0 Å². The van der Waals surface area contributed by atoms with E-state index in [0.29, 0.717) is 0 Å². The van der Waals surface area contributed by atoms with E-state index in [2.05, 4.69) is 17.2 Å². The predicted octanol–water partition coefficient (Wildman–Crippen LogP) is -2.67. The molecule has 0 unspecified atom stereocenters. The zero-order valence-electron chi connectivity index (χ0n) is 2.65. The van der Waals surface area contributed by atoms with Crippen LogP contribution < -0.4 is 28.3 Å². The minimum atomic E-state index is 2.03. The van der Waals surface area contributed by atoms with Crippen molar-refractivity contribution in [2.24, 2.45) is 11.7 Å². The molecule has 5 heteroatoms. The molecule has 0 aromatic carbocycles. The summed E-state index contributed by atoms with van der Waals surface area (Å²) in [6.07, 6.45) is 0. The first-order valence-electron chi connectivity index (χ1n) is 1.08. The Kier molecular flexibility index (Phi) is 3.65. The lowest BCUT2D eigenvalue weighted by molar-refractivity contribution is 0.456. The maximum absolute atomic E-state index is 4.64. The zero-order valence-corrected chi connectivity index (χ0v) is 2.65. The van der Waals surface area contributed by atoms with Crippen LogP contribution in [0, 0.1) is 0 Å². The summed E-state index contributed by atoms with van der Waals surface area (Å²) in [7, 11) is 0. The first-order valence-corrected chi connectivity index (χ1v) is 1.08. The first kappa shape index (κ1) is 4.80. The molecule has 7 N–H and O–H groups in total. The molecule has 0 heterocycles. The fraction of sp³-hybridized carbons (Fsp3) is 0. The van der Waals surface area contributed by atoms with Crippen molar-refractivity contribution >= 4 is 0 Å². The van der Waals surface area contributed by atoms with E-state index in [1.807, 2.05) is 11.1 Å². The van der Waals surface area contributed by atoms with Gasteiger partial charge >= 0.3 is 0 Å². The van der Waals surface area contributed by atoms with E-state index in [1.54, 1.807) is 0 Å². The Bertz CT molecular complexity index is 7.51. The van der Waals surface area contributed by atoms with Crippen molar-refractivity contribution in [3.8, 4) is 0 Å². The van der Waals surface area contributed by atoms with Crippen LogP contribution in [-0.4, -0.2) is 0 Å². The summed E-state index contributed by atoms with van der Waals surface area (Å²) in [5.74, 6) is 9.27. The SMILES string of the molecule is NNNNN. The maximum atomic E-state index is 4.64. The van der Waals surface area contributed by atoms with Crippen LogP contribution in [-0.2, 0) is 0 Å². The molecule has 0 spiro atoms. The van der Waals surface area contributed by atoms with E-state index >= 15 is 0 Å². The lowest BCUT2D eigenvalue weighted by Gasteiger charge is -1.92.